The summed E-state index contributed by atoms with van der Waals surface area (Å²) in [5.41, 5.74) is 1.69. The van der Waals surface area contributed by atoms with E-state index in [-0.39, 0.29) is 11.7 Å². The highest BCUT2D eigenvalue weighted by Crippen LogP contribution is 2.30. The summed E-state index contributed by atoms with van der Waals surface area (Å²) in [6.45, 7) is 3.46. The highest BCUT2D eigenvalue weighted by atomic mass is 32.1. The molecular formula is C20H27FN4OS. The van der Waals surface area contributed by atoms with Gasteiger partial charge in [-0.05, 0) is 56.7 Å². The summed E-state index contributed by atoms with van der Waals surface area (Å²) in [4.78, 5) is 19.5. The second-order valence-corrected chi connectivity index (χ2v) is 8.03. The molecule has 146 valence electrons. The van der Waals surface area contributed by atoms with Gasteiger partial charge >= 0.3 is 0 Å². The second-order valence-electron chi connectivity index (χ2n) is 7.59. The van der Waals surface area contributed by atoms with Crippen LogP contribution in [0.1, 0.15) is 37.5 Å². The lowest BCUT2D eigenvalue weighted by atomic mass is 9.94. The van der Waals surface area contributed by atoms with E-state index < -0.39 is 0 Å². The number of imidazole rings is 1. The minimum atomic E-state index is -0.257. The Morgan fingerprint density at radius 3 is 2.67 bits per heavy atom. The molecule has 27 heavy (non-hydrogen) atoms. The number of hydrogen-bond acceptors (Lipinski definition) is 4. The molecule has 7 heteroatoms. The molecule has 2 fully saturated rings. The molecule has 1 amide bonds. The van der Waals surface area contributed by atoms with Gasteiger partial charge in [0.15, 0.2) is 0 Å². The first-order chi connectivity index (χ1) is 13.2. The quantitative estimate of drug-likeness (QED) is 0.790. The van der Waals surface area contributed by atoms with Crippen LogP contribution in [0.2, 0.25) is 0 Å². The van der Waals surface area contributed by atoms with E-state index in [9.17, 15) is 9.18 Å². The maximum absolute atomic E-state index is 13.6. The van der Waals surface area contributed by atoms with E-state index in [2.05, 4.69) is 27.5 Å². The van der Waals surface area contributed by atoms with Crippen LogP contribution in [0.5, 0.6) is 0 Å². The molecular weight excluding hydrogens is 363 g/mol. The van der Waals surface area contributed by atoms with Crippen LogP contribution in [0, 0.1) is 11.7 Å². The molecule has 3 heterocycles. The van der Waals surface area contributed by atoms with E-state index >= 15 is 0 Å². The fourth-order valence-electron chi connectivity index (χ4n) is 4.48. The second kappa shape index (κ2) is 8.19. The van der Waals surface area contributed by atoms with Gasteiger partial charge in [0.2, 0.25) is 5.91 Å². The third-order valence-corrected chi connectivity index (χ3v) is 6.11. The third-order valence-electron chi connectivity index (χ3n) is 5.89. The number of likely N-dealkylation sites (tertiary alicyclic amines) is 1. The lowest BCUT2D eigenvalue weighted by molar-refractivity contribution is -0.137. The smallest absolute Gasteiger partial charge is 0.225 e. The number of piperidine rings is 2. The Morgan fingerprint density at radius 1 is 1.22 bits per heavy atom. The van der Waals surface area contributed by atoms with Crippen molar-refractivity contribution in [3.63, 3.8) is 0 Å². The summed E-state index contributed by atoms with van der Waals surface area (Å²) in [7, 11) is 0. The average Bonchev–Trinajstić information content (AvgIpc) is 3.05. The number of aryl methyl sites for hydroxylation is 1. The number of thiol groups is 1. The molecule has 0 spiro atoms. The fourth-order valence-corrected chi connectivity index (χ4v) is 4.68. The topological polar surface area (TPSA) is 50.2 Å². The van der Waals surface area contributed by atoms with Crippen LogP contribution in [-0.4, -0.2) is 52.3 Å². The summed E-state index contributed by atoms with van der Waals surface area (Å²) in [5, 5.41) is 3.32. The zero-order chi connectivity index (χ0) is 18.8. The van der Waals surface area contributed by atoms with Crippen LogP contribution < -0.4 is 5.32 Å². The van der Waals surface area contributed by atoms with Crippen molar-refractivity contribution in [2.75, 3.05) is 31.9 Å². The van der Waals surface area contributed by atoms with Crippen molar-refractivity contribution in [2.45, 2.75) is 38.1 Å². The first-order valence-electron chi connectivity index (χ1n) is 9.94. The molecule has 0 aliphatic carbocycles. The van der Waals surface area contributed by atoms with Crippen molar-refractivity contribution in [3.8, 4) is 0 Å². The Hall–Kier alpha value is -1.60. The molecule has 0 unspecified atom stereocenters. The lowest BCUT2D eigenvalue weighted by Gasteiger charge is -2.36. The van der Waals surface area contributed by atoms with Gasteiger partial charge in [-0.1, -0.05) is 0 Å². The number of rotatable bonds is 4. The monoisotopic (exact) mass is 390 g/mol. The summed E-state index contributed by atoms with van der Waals surface area (Å²) >= 11 is 4.36. The molecule has 1 N–H and O–H groups in total. The maximum Gasteiger partial charge on any atom is 0.225 e. The molecule has 0 bridgehead atoms. The molecule has 0 saturated carbocycles. The highest BCUT2D eigenvalue weighted by molar-refractivity contribution is 7.80. The maximum atomic E-state index is 13.6. The van der Waals surface area contributed by atoms with E-state index in [0.717, 1.165) is 69.6 Å². The van der Waals surface area contributed by atoms with Crippen molar-refractivity contribution >= 4 is 29.6 Å². The van der Waals surface area contributed by atoms with Gasteiger partial charge in [0.1, 0.15) is 11.6 Å². The van der Waals surface area contributed by atoms with E-state index in [1.165, 1.54) is 12.1 Å². The Balaban J connectivity index is 1.50. The number of carbonyl (C=O) groups excluding carboxylic acids is 1. The van der Waals surface area contributed by atoms with E-state index in [4.69, 9.17) is 0 Å². The molecule has 0 radical (unpaired) electrons. The zero-order valence-electron chi connectivity index (χ0n) is 15.5. The first kappa shape index (κ1) is 18.7. The van der Waals surface area contributed by atoms with Crippen LogP contribution in [0.4, 0.5) is 4.39 Å². The van der Waals surface area contributed by atoms with Gasteiger partial charge in [-0.3, -0.25) is 4.79 Å². The minimum absolute atomic E-state index is 0.180. The van der Waals surface area contributed by atoms with Crippen LogP contribution >= 0.6 is 12.6 Å². The van der Waals surface area contributed by atoms with Crippen molar-refractivity contribution in [2.24, 2.45) is 5.92 Å². The molecule has 2 aliphatic heterocycles. The Morgan fingerprint density at radius 2 is 1.96 bits per heavy atom. The predicted molar refractivity (Wildman–Crippen MR) is 108 cm³/mol. The number of aromatic nitrogens is 2. The van der Waals surface area contributed by atoms with Crippen molar-refractivity contribution in [1.29, 1.82) is 0 Å². The third kappa shape index (κ3) is 3.85. The van der Waals surface area contributed by atoms with E-state index in [1.807, 2.05) is 11.0 Å². The summed E-state index contributed by atoms with van der Waals surface area (Å²) in [5.74, 6) is 1.92. The SMILES string of the molecule is O=C(C1CCNCC1)N1CCC(n2c(CCS)nc3cc(F)ccc32)CC1. The average molecular weight is 391 g/mol. The van der Waals surface area contributed by atoms with Crippen LogP contribution in [0.25, 0.3) is 11.0 Å². The standard InChI is InChI=1S/C20H27FN4OS/c21-15-1-2-18-17(13-15)23-19(7-12-27)25(18)16-5-10-24(11-6-16)20(26)14-3-8-22-9-4-14/h1-2,13-14,16,22,27H,3-12H2. The van der Waals surface area contributed by atoms with E-state index in [1.54, 1.807) is 0 Å². The number of fused-ring (bicyclic) bond motifs is 1. The minimum Gasteiger partial charge on any atom is -0.342 e. The number of nitrogens with one attached hydrogen (secondary N) is 1. The molecule has 1 aromatic carbocycles. The summed E-state index contributed by atoms with van der Waals surface area (Å²) < 4.78 is 15.9. The van der Waals surface area contributed by atoms with Gasteiger partial charge in [-0.2, -0.15) is 12.6 Å². The fraction of sp³-hybridized carbons (Fsp3) is 0.600. The Bertz CT molecular complexity index is 810. The molecule has 2 saturated heterocycles. The van der Waals surface area contributed by atoms with Gasteiger partial charge in [0.05, 0.1) is 11.0 Å². The summed E-state index contributed by atoms with van der Waals surface area (Å²) in [6, 6.07) is 5.13. The van der Waals surface area contributed by atoms with Crippen LogP contribution in [0.3, 0.4) is 0 Å². The number of amides is 1. The molecule has 0 atom stereocenters. The number of halogens is 1. The van der Waals surface area contributed by atoms with Crippen molar-refractivity contribution in [3.05, 3.63) is 29.8 Å². The van der Waals surface area contributed by atoms with Crippen molar-refractivity contribution in [1.82, 2.24) is 19.8 Å². The van der Waals surface area contributed by atoms with Crippen LogP contribution in [0.15, 0.2) is 18.2 Å². The zero-order valence-corrected chi connectivity index (χ0v) is 16.4. The highest BCUT2D eigenvalue weighted by Gasteiger charge is 2.30. The first-order valence-corrected chi connectivity index (χ1v) is 10.6. The normalized spacial score (nSPS) is 19.7. The molecule has 5 nitrogen and oxygen atoms in total. The van der Waals surface area contributed by atoms with Gasteiger partial charge < -0.3 is 14.8 Å². The molecule has 2 aromatic rings. The van der Waals surface area contributed by atoms with Crippen LogP contribution in [-0.2, 0) is 11.2 Å². The predicted octanol–water partition coefficient (Wildman–Crippen LogP) is 2.81. The summed E-state index contributed by atoms with van der Waals surface area (Å²) in [6.07, 6.45) is 4.48. The number of carbonyl (C=O) groups is 1. The molecule has 1 aromatic heterocycles. The number of nitrogens with zero attached hydrogens (tertiary/aromatic N) is 3. The van der Waals surface area contributed by atoms with Crippen molar-refractivity contribution < 1.29 is 9.18 Å². The van der Waals surface area contributed by atoms with Gasteiger partial charge in [0, 0.05) is 37.5 Å². The Labute approximate surface area is 164 Å². The largest absolute Gasteiger partial charge is 0.342 e. The molecule has 4 rings (SSSR count). The molecule has 2 aliphatic rings. The number of benzene rings is 1. The lowest BCUT2D eigenvalue weighted by Crippen LogP contribution is -2.45. The van der Waals surface area contributed by atoms with Gasteiger partial charge in [-0.15, -0.1) is 0 Å². The van der Waals surface area contributed by atoms with E-state index in [0.29, 0.717) is 23.2 Å². The number of hydrogen-bond donors (Lipinski definition) is 2. The van der Waals surface area contributed by atoms with Gasteiger partial charge in [-0.25, -0.2) is 9.37 Å². The van der Waals surface area contributed by atoms with Gasteiger partial charge in [0.25, 0.3) is 0 Å². The Kier molecular flexibility index (Phi) is 5.68.